The number of fused-ring (bicyclic) bond motifs is 1. The van der Waals surface area contributed by atoms with Gasteiger partial charge in [0.15, 0.2) is 12.2 Å². The number of nitrogens with one attached hydrogen (secondary N) is 6. The van der Waals surface area contributed by atoms with Crippen LogP contribution in [0.5, 0.6) is 5.75 Å². The molecule has 4 atom stereocenters. The van der Waals surface area contributed by atoms with E-state index in [2.05, 4.69) is 36.6 Å². The van der Waals surface area contributed by atoms with Crippen molar-refractivity contribution in [3.63, 3.8) is 0 Å². The fourth-order valence-electron chi connectivity index (χ4n) is 4.22. The molecular weight excluding hydrogens is 538 g/mol. The van der Waals surface area contributed by atoms with Crippen LogP contribution >= 0.6 is 0 Å². The average Bonchev–Trinajstić information content (AvgIpc) is 3.33. The molecule has 0 radical (unpaired) electrons. The van der Waals surface area contributed by atoms with E-state index in [4.69, 9.17) is 0 Å². The lowest BCUT2D eigenvalue weighted by Crippen LogP contribution is -2.49. The first-order valence-corrected chi connectivity index (χ1v) is 12.6. The van der Waals surface area contributed by atoms with Gasteiger partial charge in [-0.3, -0.25) is 30.0 Å². The minimum atomic E-state index is -1.55. The third kappa shape index (κ3) is 7.56. The Morgan fingerprint density at radius 2 is 1.93 bits per heavy atom. The van der Waals surface area contributed by atoms with Gasteiger partial charge in [0.25, 0.3) is 0 Å². The zero-order valence-electron chi connectivity index (χ0n) is 21.7. The maximum Gasteiger partial charge on any atom is 0.322 e. The number of anilines is 1. The third-order valence-electron chi connectivity index (χ3n) is 6.27. The van der Waals surface area contributed by atoms with Crippen molar-refractivity contribution in [2.45, 2.75) is 24.6 Å². The number of aliphatic imine (C=N–C) groups is 1. The van der Waals surface area contributed by atoms with Crippen LogP contribution < -0.4 is 26.6 Å². The van der Waals surface area contributed by atoms with Gasteiger partial charge in [-0.05, 0) is 18.2 Å². The fourth-order valence-corrected chi connectivity index (χ4v) is 4.22. The zero-order chi connectivity index (χ0) is 29.5. The number of aldehydes is 1. The van der Waals surface area contributed by atoms with Crippen molar-refractivity contribution >= 4 is 40.7 Å². The molecule has 2 aromatic carbocycles. The zero-order valence-corrected chi connectivity index (χ0v) is 21.7. The molecule has 0 bridgehead atoms. The van der Waals surface area contributed by atoms with Crippen LogP contribution in [-0.4, -0.2) is 93.0 Å². The number of nitrogens with zero attached hydrogens (tertiary/aromatic N) is 1. The van der Waals surface area contributed by atoms with E-state index < -0.39 is 49.6 Å². The number of phenolic OH excluding ortho intramolecular Hbond substituents is 1. The van der Waals surface area contributed by atoms with E-state index in [1.165, 1.54) is 18.2 Å². The summed E-state index contributed by atoms with van der Waals surface area (Å²) in [5.74, 6) is -1.78. The van der Waals surface area contributed by atoms with Crippen molar-refractivity contribution in [3.8, 4) is 5.75 Å². The number of H-pyrrole nitrogens is 1. The summed E-state index contributed by atoms with van der Waals surface area (Å²) in [5.41, 5.74) is 1.49. The number of aromatic hydroxyl groups is 1. The Hall–Kier alpha value is -4.54. The van der Waals surface area contributed by atoms with Gasteiger partial charge in [-0.2, -0.15) is 0 Å². The molecule has 0 saturated heterocycles. The van der Waals surface area contributed by atoms with Crippen LogP contribution in [0.2, 0.25) is 0 Å². The monoisotopic (exact) mass is 569 g/mol. The topological polar surface area (TPSA) is 241 Å². The maximum atomic E-state index is 12.4. The summed E-state index contributed by atoms with van der Waals surface area (Å²) in [6.07, 6.45) is -2.95. The molecule has 4 unspecified atom stereocenters. The predicted molar refractivity (Wildman–Crippen MR) is 147 cm³/mol. The number of carboxylic acid groups (broad SMARTS) is 1. The number of guanidine groups is 1. The Morgan fingerprint density at radius 1 is 1.15 bits per heavy atom. The van der Waals surface area contributed by atoms with E-state index in [-0.39, 0.29) is 29.1 Å². The molecule has 218 valence electrons. The summed E-state index contributed by atoms with van der Waals surface area (Å²) >= 11 is 0. The number of amides is 1. The van der Waals surface area contributed by atoms with Crippen LogP contribution in [0.1, 0.15) is 34.1 Å². The summed E-state index contributed by atoms with van der Waals surface area (Å²) in [6.45, 7) is -0.307. The summed E-state index contributed by atoms with van der Waals surface area (Å²) in [5, 5.41) is 64.1. The minimum Gasteiger partial charge on any atom is -0.508 e. The fraction of sp³-hybridized carbons (Fsp3) is 0.308. The van der Waals surface area contributed by atoms with E-state index in [1.807, 2.05) is 0 Å². The van der Waals surface area contributed by atoms with Crippen molar-refractivity contribution in [2.24, 2.45) is 4.99 Å². The number of benzene rings is 2. The highest BCUT2D eigenvalue weighted by Crippen LogP contribution is 2.25. The highest BCUT2D eigenvalue weighted by molar-refractivity contribution is 5.99. The molecule has 0 aliphatic carbocycles. The Kier molecular flexibility index (Phi) is 9.49. The number of carboxylic acids is 1. The van der Waals surface area contributed by atoms with Crippen LogP contribution in [0.4, 0.5) is 5.69 Å². The molecule has 0 saturated carbocycles. The molecule has 41 heavy (non-hydrogen) atoms. The van der Waals surface area contributed by atoms with E-state index in [9.17, 15) is 39.9 Å². The Labute approximate surface area is 233 Å². The van der Waals surface area contributed by atoms with Gasteiger partial charge in [-0.15, -0.1) is 0 Å². The molecule has 11 N–H and O–H groups in total. The number of carbonyl (C=O) groups excluding carboxylic acids is 2. The standard InChI is InChI=1S/C26H31N7O8/c34-12-18-17-3-1-2-4-19(17)32-22(18)24(39)33-20(25(40)41)10-27-21(37)11-28-23(38)13-5-14(7-15(35)6-13)31-26-29-8-16(36)9-30-26/h1-7,12,16,20,23-24,28,32-33,35-36,38-39H,8-11H2,(H,27,37)(H,40,41)(H2,29,30,31). The van der Waals surface area contributed by atoms with E-state index in [0.717, 1.165) is 0 Å². The van der Waals surface area contributed by atoms with Crippen LogP contribution in [0.25, 0.3) is 10.9 Å². The summed E-state index contributed by atoms with van der Waals surface area (Å²) in [6, 6.07) is 9.66. The molecule has 0 fully saturated rings. The molecule has 2 heterocycles. The molecule has 15 heteroatoms. The maximum absolute atomic E-state index is 12.4. The van der Waals surface area contributed by atoms with Crippen LogP contribution in [0.3, 0.4) is 0 Å². The van der Waals surface area contributed by atoms with E-state index in [1.54, 1.807) is 24.3 Å². The first-order chi connectivity index (χ1) is 19.6. The molecular formula is C26H31N7O8. The van der Waals surface area contributed by atoms with Crippen molar-refractivity contribution in [2.75, 3.05) is 31.5 Å². The Balaban J connectivity index is 1.30. The first kappa shape index (κ1) is 29.4. The van der Waals surface area contributed by atoms with Gasteiger partial charge < -0.3 is 46.5 Å². The SMILES string of the molecule is O=Cc1c(C(O)NC(CNC(=O)CNC(O)c2cc(O)cc(NC3=NCC(O)CN3)c2)C(=O)O)[nH]c2ccccc12. The number of aromatic amines is 1. The van der Waals surface area contributed by atoms with Gasteiger partial charge in [-0.1, -0.05) is 18.2 Å². The second kappa shape index (κ2) is 13.2. The van der Waals surface area contributed by atoms with E-state index in [0.29, 0.717) is 35.4 Å². The summed E-state index contributed by atoms with van der Waals surface area (Å²) in [7, 11) is 0. The third-order valence-corrected chi connectivity index (χ3v) is 6.27. The van der Waals surface area contributed by atoms with Gasteiger partial charge in [0.2, 0.25) is 5.91 Å². The lowest BCUT2D eigenvalue weighted by atomic mass is 10.1. The van der Waals surface area contributed by atoms with Crippen molar-refractivity contribution < 1.29 is 39.9 Å². The molecule has 1 amide bonds. The van der Waals surface area contributed by atoms with Crippen molar-refractivity contribution in [1.29, 1.82) is 0 Å². The van der Waals surface area contributed by atoms with Crippen LogP contribution in [-0.2, 0) is 9.59 Å². The molecule has 3 aromatic rings. The van der Waals surface area contributed by atoms with Gasteiger partial charge in [0.05, 0.1) is 24.9 Å². The molecule has 15 nitrogen and oxygen atoms in total. The Morgan fingerprint density at radius 3 is 2.63 bits per heavy atom. The van der Waals surface area contributed by atoms with E-state index >= 15 is 0 Å². The van der Waals surface area contributed by atoms with Gasteiger partial charge in [0, 0.05) is 46.9 Å². The number of aliphatic carboxylic acids is 1. The minimum absolute atomic E-state index is 0.0902. The highest BCUT2D eigenvalue weighted by atomic mass is 16.4. The number of phenols is 1. The quantitative estimate of drug-likeness (QED) is 0.0915. The largest absolute Gasteiger partial charge is 0.508 e. The molecule has 1 aliphatic rings. The number of para-hydroxylation sites is 1. The number of hydrogen-bond donors (Lipinski definition) is 11. The number of aliphatic hydroxyl groups is 3. The smallest absolute Gasteiger partial charge is 0.322 e. The second-order valence-electron chi connectivity index (χ2n) is 9.33. The number of hydrogen-bond acceptors (Lipinski definition) is 12. The molecule has 4 rings (SSSR count). The predicted octanol–water partition coefficient (Wildman–Crippen LogP) is -1.15. The average molecular weight is 570 g/mol. The molecule has 1 aliphatic heterocycles. The highest BCUT2D eigenvalue weighted by Gasteiger charge is 2.25. The van der Waals surface area contributed by atoms with Crippen molar-refractivity contribution in [3.05, 3.63) is 59.3 Å². The number of β-amino-alcohol motifs (C(OH)–C–C–N with tert-alkyl or cyclic N) is 1. The van der Waals surface area contributed by atoms with Crippen LogP contribution in [0, 0.1) is 0 Å². The van der Waals surface area contributed by atoms with Crippen molar-refractivity contribution in [1.82, 2.24) is 26.3 Å². The summed E-state index contributed by atoms with van der Waals surface area (Å²) < 4.78 is 0. The number of rotatable bonds is 12. The number of carbonyl (C=O) groups is 3. The van der Waals surface area contributed by atoms with Gasteiger partial charge in [-0.25, -0.2) is 0 Å². The molecule has 1 aromatic heterocycles. The van der Waals surface area contributed by atoms with Crippen LogP contribution in [0.15, 0.2) is 47.5 Å². The van der Waals surface area contributed by atoms with Gasteiger partial charge in [0.1, 0.15) is 24.2 Å². The molecule has 0 spiro atoms. The lowest BCUT2D eigenvalue weighted by molar-refractivity contribution is -0.140. The number of aliphatic hydroxyl groups excluding tert-OH is 3. The lowest BCUT2D eigenvalue weighted by Gasteiger charge is -2.21. The number of aromatic nitrogens is 1. The Bertz CT molecular complexity index is 1440. The summed E-state index contributed by atoms with van der Waals surface area (Å²) in [4.78, 5) is 42.8. The normalized spacial score (nSPS) is 17.1. The second-order valence-corrected chi connectivity index (χ2v) is 9.33. The van der Waals surface area contributed by atoms with Gasteiger partial charge >= 0.3 is 5.97 Å². The first-order valence-electron chi connectivity index (χ1n) is 12.6.